The summed E-state index contributed by atoms with van der Waals surface area (Å²) < 4.78 is 37.4. The normalized spacial score (nSPS) is 11.1. The van der Waals surface area contributed by atoms with Gasteiger partial charge in [-0.25, -0.2) is 13.1 Å². The zero-order chi connectivity index (χ0) is 17.7. The van der Waals surface area contributed by atoms with Crippen LogP contribution in [0.1, 0.15) is 0 Å². The molecule has 130 valence electrons. The van der Waals surface area contributed by atoms with Gasteiger partial charge in [0.25, 0.3) is 10.0 Å². The van der Waals surface area contributed by atoms with E-state index in [0.717, 1.165) is 11.3 Å². The van der Waals surface area contributed by atoms with Crippen LogP contribution in [-0.4, -0.2) is 35.1 Å². The van der Waals surface area contributed by atoms with Crippen molar-refractivity contribution in [1.82, 2.24) is 4.72 Å². The largest absolute Gasteiger partial charge is 0.497 e. The average Bonchev–Trinajstić information content (AvgIpc) is 3.01. The Morgan fingerprint density at radius 1 is 1.21 bits per heavy atom. The van der Waals surface area contributed by atoms with Crippen molar-refractivity contribution >= 4 is 48.9 Å². The molecule has 1 aromatic carbocycles. The fourth-order valence-electron chi connectivity index (χ4n) is 1.77. The molecule has 0 radical (unpaired) electrons. The van der Waals surface area contributed by atoms with Crippen LogP contribution >= 0.6 is 27.3 Å². The number of amides is 1. The zero-order valence-corrected chi connectivity index (χ0v) is 16.0. The van der Waals surface area contributed by atoms with Crippen molar-refractivity contribution in [2.45, 2.75) is 4.21 Å². The molecule has 24 heavy (non-hydrogen) atoms. The number of ether oxygens (including phenoxy) is 2. The number of methoxy groups -OCH3 is 2. The molecule has 10 heteroatoms. The third-order valence-corrected chi connectivity index (χ3v) is 6.44. The second kappa shape index (κ2) is 7.97. The number of carbonyl (C=O) groups is 1. The molecule has 1 heterocycles. The summed E-state index contributed by atoms with van der Waals surface area (Å²) in [6, 6.07) is 7.97. The zero-order valence-electron chi connectivity index (χ0n) is 12.8. The highest BCUT2D eigenvalue weighted by Gasteiger charge is 2.18. The van der Waals surface area contributed by atoms with Crippen LogP contribution in [0.25, 0.3) is 0 Å². The fraction of sp³-hybridized carbons (Fsp3) is 0.214. The van der Waals surface area contributed by atoms with Crippen LogP contribution in [0.5, 0.6) is 11.5 Å². The van der Waals surface area contributed by atoms with Gasteiger partial charge in [0, 0.05) is 6.07 Å². The molecular weight excluding hydrogens is 420 g/mol. The van der Waals surface area contributed by atoms with E-state index in [1.165, 1.54) is 20.3 Å². The maximum atomic E-state index is 12.1. The van der Waals surface area contributed by atoms with Gasteiger partial charge in [0.1, 0.15) is 15.7 Å². The van der Waals surface area contributed by atoms with Gasteiger partial charge in [-0.2, -0.15) is 0 Å². The molecule has 0 bridgehead atoms. The Morgan fingerprint density at radius 2 is 1.96 bits per heavy atom. The minimum absolute atomic E-state index is 0.129. The Labute approximate surface area is 152 Å². The molecule has 2 rings (SSSR count). The molecule has 2 aromatic rings. The predicted molar refractivity (Wildman–Crippen MR) is 95.4 cm³/mol. The Bertz CT molecular complexity index is 835. The number of benzene rings is 1. The van der Waals surface area contributed by atoms with E-state index < -0.39 is 22.5 Å². The Hall–Kier alpha value is -1.62. The van der Waals surface area contributed by atoms with Crippen LogP contribution in [0.15, 0.2) is 38.3 Å². The summed E-state index contributed by atoms with van der Waals surface area (Å²) in [6.45, 7) is -0.396. The summed E-state index contributed by atoms with van der Waals surface area (Å²) in [5, 5.41) is 2.59. The van der Waals surface area contributed by atoms with E-state index in [1.807, 2.05) is 0 Å². The van der Waals surface area contributed by atoms with E-state index in [9.17, 15) is 13.2 Å². The van der Waals surface area contributed by atoms with E-state index >= 15 is 0 Å². The molecule has 0 spiro atoms. The summed E-state index contributed by atoms with van der Waals surface area (Å²) in [6.07, 6.45) is 0. The van der Waals surface area contributed by atoms with Gasteiger partial charge < -0.3 is 14.8 Å². The number of sulfonamides is 1. The van der Waals surface area contributed by atoms with E-state index in [2.05, 4.69) is 26.0 Å². The highest BCUT2D eigenvalue weighted by atomic mass is 79.9. The number of thiophene rings is 1. The van der Waals surface area contributed by atoms with Crippen molar-refractivity contribution < 1.29 is 22.7 Å². The molecule has 1 amide bonds. The maximum Gasteiger partial charge on any atom is 0.250 e. The van der Waals surface area contributed by atoms with Gasteiger partial charge >= 0.3 is 0 Å². The van der Waals surface area contributed by atoms with Gasteiger partial charge in [-0.3, -0.25) is 4.79 Å². The Balaban J connectivity index is 2.01. The lowest BCUT2D eigenvalue weighted by Crippen LogP contribution is -2.32. The average molecular weight is 435 g/mol. The number of carbonyl (C=O) groups excluding carboxylic acids is 1. The third kappa shape index (κ3) is 4.69. The van der Waals surface area contributed by atoms with E-state index in [4.69, 9.17) is 9.47 Å². The Kier molecular flexibility index (Phi) is 6.21. The molecule has 0 saturated carbocycles. The van der Waals surface area contributed by atoms with Crippen LogP contribution in [0.2, 0.25) is 0 Å². The van der Waals surface area contributed by atoms with E-state index in [-0.39, 0.29) is 4.21 Å². The second-order valence-electron chi connectivity index (χ2n) is 4.50. The van der Waals surface area contributed by atoms with Gasteiger partial charge in [-0.05, 0) is 40.2 Å². The fourth-order valence-corrected chi connectivity index (χ4v) is 4.81. The molecule has 1 aromatic heterocycles. The minimum Gasteiger partial charge on any atom is -0.497 e. The SMILES string of the molecule is COc1ccc(NC(=O)CNS(=O)(=O)c2ccc(Br)s2)c(OC)c1. The van der Waals surface area contributed by atoms with Crippen molar-refractivity contribution in [3.8, 4) is 11.5 Å². The molecular formula is C14H15BrN2O5S2. The van der Waals surface area contributed by atoms with Crippen LogP contribution in [0.3, 0.4) is 0 Å². The van der Waals surface area contributed by atoms with E-state index in [1.54, 1.807) is 24.3 Å². The topological polar surface area (TPSA) is 93.7 Å². The van der Waals surface area contributed by atoms with Gasteiger partial charge in [-0.1, -0.05) is 0 Å². The number of hydrogen-bond acceptors (Lipinski definition) is 6. The van der Waals surface area contributed by atoms with Crippen molar-refractivity contribution in [2.75, 3.05) is 26.1 Å². The van der Waals surface area contributed by atoms with Crippen molar-refractivity contribution in [3.63, 3.8) is 0 Å². The first-order valence-electron chi connectivity index (χ1n) is 6.62. The molecule has 0 atom stereocenters. The number of hydrogen-bond donors (Lipinski definition) is 2. The summed E-state index contributed by atoms with van der Waals surface area (Å²) in [7, 11) is -0.748. The van der Waals surface area contributed by atoms with Gasteiger partial charge in [0.2, 0.25) is 5.91 Å². The quantitative estimate of drug-likeness (QED) is 0.697. The molecule has 0 aliphatic carbocycles. The first kappa shape index (κ1) is 18.7. The summed E-state index contributed by atoms with van der Waals surface area (Å²) in [4.78, 5) is 12.0. The lowest BCUT2D eigenvalue weighted by molar-refractivity contribution is -0.115. The monoisotopic (exact) mass is 434 g/mol. The van der Waals surface area contributed by atoms with Crippen LogP contribution < -0.4 is 19.5 Å². The second-order valence-corrected chi connectivity index (χ2v) is 8.95. The highest BCUT2D eigenvalue weighted by Crippen LogP contribution is 2.29. The van der Waals surface area contributed by atoms with Crippen molar-refractivity contribution in [1.29, 1.82) is 0 Å². The maximum absolute atomic E-state index is 12.1. The number of anilines is 1. The number of rotatable bonds is 7. The molecule has 0 aliphatic rings. The lowest BCUT2D eigenvalue weighted by atomic mass is 10.2. The Morgan fingerprint density at radius 3 is 2.54 bits per heavy atom. The molecule has 2 N–H and O–H groups in total. The third-order valence-electron chi connectivity index (χ3n) is 2.92. The molecule has 0 aliphatic heterocycles. The smallest absolute Gasteiger partial charge is 0.250 e. The first-order valence-corrected chi connectivity index (χ1v) is 9.72. The highest BCUT2D eigenvalue weighted by molar-refractivity contribution is 9.11. The van der Waals surface area contributed by atoms with Gasteiger partial charge in [-0.15, -0.1) is 11.3 Å². The van der Waals surface area contributed by atoms with Gasteiger partial charge in [0.15, 0.2) is 0 Å². The number of nitrogens with one attached hydrogen (secondary N) is 2. The lowest BCUT2D eigenvalue weighted by Gasteiger charge is -2.12. The number of halogens is 1. The summed E-state index contributed by atoms with van der Waals surface area (Å²) >= 11 is 4.26. The van der Waals surface area contributed by atoms with E-state index in [0.29, 0.717) is 21.0 Å². The van der Waals surface area contributed by atoms with Crippen LogP contribution in [0.4, 0.5) is 5.69 Å². The molecule has 0 fully saturated rings. The van der Waals surface area contributed by atoms with Crippen LogP contribution in [-0.2, 0) is 14.8 Å². The van der Waals surface area contributed by atoms with Crippen molar-refractivity contribution in [2.24, 2.45) is 0 Å². The molecule has 7 nitrogen and oxygen atoms in total. The predicted octanol–water partition coefficient (Wildman–Crippen LogP) is 2.44. The standard InChI is InChI=1S/C14H15BrN2O5S2/c1-21-9-3-4-10(11(7-9)22-2)17-13(18)8-16-24(19,20)14-6-5-12(15)23-14/h3-7,16H,8H2,1-2H3,(H,17,18). The van der Waals surface area contributed by atoms with Crippen LogP contribution in [0, 0.1) is 0 Å². The van der Waals surface area contributed by atoms with Crippen molar-refractivity contribution in [3.05, 3.63) is 34.1 Å². The summed E-state index contributed by atoms with van der Waals surface area (Å²) in [5.74, 6) is 0.472. The first-order chi connectivity index (χ1) is 11.4. The van der Waals surface area contributed by atoms with Gasteiger partial charge in [0.05, 0.1) is 30.2 Å². The summed E-state index contributed by atoms with van der Waals surface area (Å²) in [5.41, 5.74) is 0.418. The molecule has 0 unspecified atom stereocenters. The minimum atomic E-state index is -3.73. The molecule has 0 saturated heterocycles.